The zero-order valence-corrected chi connectivity index (χ0v) is 17.8. The molecule has 2 heterocycles. The molecule has 172 valence electrons. The maximum atomic E-state index is 14.5. The average Bonchev–Trinajstić information content (AvgIpc) is 3.51. The van der Waals surface area contributed by atoms with Crippen LogP contribution in [0, 0.1) is 17.8 Å². The Morgan fingerprint density at radius 2 is 2.03 bits per heavy atom. The van der Waals surface area contributed by atoms with E-state index in [0.29, 0.717) is 29.6 Å². The van der Waals surface area contributed by atoms with E-state index in [1.54, 1.807) is 24.3 Å². The summed E-state index contributed by atoms with van der Waals surface area (Å²) in [4.78, 5) is 13.6. The van der Waals surface area contributed by atoms with Crippen LogP contribution in [0.1, 0.15) is 25.0 Å². The van der Waals surface area contributed by atoms with Crippen molar-refractivity contribution in [1.29, 1.82) is 0 Å². The summed E-state index contributed by atoms with van der Waals surface area (Å²) in [6.07, 6.45) is -3.16. The normalized spacial score (nSPS) is 21.8. The number of amides is 1. The Labute approximate surface area is 184 Å². The zero-order chi connectivity index (χ0) is 22.9. The highest BCUT2D eigenvalue weighted by atomic mass is 19.4. The van der Waals surface area contributed by atoms with Crippen LogP contribution in [0.4, 0.5) is 23.2 Å². The number of benzene rings is 1. The first kappa shape index (κ1) is 22.5. The first-order valence-electron chi connectivity index (χ1n) is 10.8. The Morgan fingerprint density at radius 3 is 2.72 bits per heavy atom. The average molecular weight is 450 g/mol. The van der Waals surface area contributed by atoms with Gasteiger partial charge in [0.1, 0.15) is 12.7 Å². The van der Waals surface area contributed by atoms with E-state index in [2.05, 4.69) is 22.5 Å². The fraction of sp³-hybridized carbons (Fsp3) is 0.522. The number of aromatic nitrogens is 1. The number of piperidine rings is 1. The molecule has 1 saturated heterocycles. The molecule has 1 aromatic carbocycles. The maximum Gasteiger partial charge on any atom is 0.406 e. The molecular formula is C23H26F4N4O. The first-order chi connectivity index (χ1) is 15.2. The standard InChI is InChI=1S/C23H26F4N4O/c1-30-11-9-20(18(24)13-30)29-19-5-2-6-21-17(19)12-16(31(21)14-23(25,26)27)4-3-10-28-22(32)15-7-8-15/h2,5-6,12,15,18,20,29H,7-11,13-14H2,1H3,(H,28,32)/t18-,20+/m0/s1. The lowest BCUT2D eigenvalue weighted by atomic mass is 10.0. The predicted molar refractivity (Wildman–Crippen MR) is 115 cm³/mol. The van der Waals surface area contributed by atoms with Crippen LogP contribution in [0.3, 0.4) is 0 Å². The van der Waals surface area contributed by atoms with Gasteiger partial charge in [-0.05, 0) is 50.4 Å². The van der Waals surface area contributed by atoms with Gasteiger partial charge in [-0.1, -0.05) is 12.0 Å². The lowest BCUT2D eigenvalue weighted by molar-refractivity contribution is -0.140. The van der Waals surface area contributed by atoms with Crippen molar-refractivity contribution in [3.05, 3.63) is 30.0 Å². The van der Waals surface area contributed by atoms with Gasteiger partial charge in [-0.25, -0.2) is 4.39 Å². The fourth-order valence-corrected chi connectivity index (χ4v) is 4.04. The Kier molecular flexibility index (Phi) is 6.33. The van der Waals surface area contributed by atoms with E-state index in [1.807, 2.05) is 11.9 Å². The molecule has 2 aromatic rings. The molecule has 2 fully saturated rings. The highest BCUT2D eigenvalue weighted by Crippen LogP contribution is 2.31. The SMILES string of the molecule is CN1CC[C@@H](Nc2cccc3c2cc(C#CCNC(=O)C2CC2)n3CC(F)(F)F)[C@@H](F)C1. The van der Waals surface area contributed by atoms with Crippen molar-refractivity contribution >= 4 is 22.5 Å². The summed E-state index contributed by atoms with van der Waals surface area (Å²) in [5.41, 5.74) is 1.17. The third kappa shape index (κ3) is 5.36. The van der Waals surface area contributed by atoms with E-state index in [9.17, 15) is 22.4 Å². The van der Waals surface area contributed by atoms with Gasteiger partial charge in [-0.2, -0.15) is 13.2 Å². The molecule has 4 rings (SSSR count). The molecule has 5 nitrogen and oxygen atoms in total. The molecule has 32 heavy (non-hydrogen) atoms. The fourth-order valence-electron chi connectivity index (χ4n) is 4.04. The number of likely N-dealkylation sites (tertiary alicyclic amines) is 1. The Bertz CT molecular complexity index is 1050. The second kappa shape index (κ2) is 9.02. The quantitative estimate of drug-likeness (QED) is 0.541. The van der Waals surface area contributed by atoms with Crippen LogP contribution in [0.5, 0.6) is 0 Å². The topological polar surface area (TPSA) is 49.3 Å². The number of carbonyl (C=O) groups is 1. The van der Waals surface area contributed by atoms with E-state index in [1.165, 1.54) is 0 Å². The molecule has 0 unspecified atom stereocenters. The van der Waals surface area contributed by atoms with Gasteiger partial charge in [0.15, 0.2) is 0 Å². The van der Waals surface area contributed by atoms with E-state index >= 15 is 0 Å². The van der Waals surface area contributed by atoms with Gasteiger partial charge in [0.25, 0.3) is 0 Å². The number of rotatable bonds is 5. The second-order valence-corrected chi connectivity index (χ2v) is 8.58. The number of carbonyl (C=O) groups excluding carboxylic acids is 1. The summed E-state index contributed by atoms with van der Waals surface area (Å²) in [6.45, 7) is -0.0516. The number of nitrogens with one attached hydrogen (secondary N) is 2. The maximum absolute atomic E-state index is 14.5. The highest BCUT2D eigenvalue weighted by molar-refractivity contribution is 5.94. The summed E-state index contributed by atoms with van der Waals surface area (Å²) in [6, 6.07) is 6.20. The minimum Gasteiger partial charge on any atom is -0.379 e. The van der Waals surface area contributed by atoms with Crippen LogP contribution in [0.15, 0.2) is 24.3 Å². The Hall–Kier alpha value is -2.73. The third-order valence-corrected chi connectivity index (χ3v) is 5.88. The summed E-state index contributed by atoms with van der Waals surface area (Å²) in [7, 11) is 1.86. The number of alkyl halides is 4. The molecule has 0 spiro atoms. The van der Waals surface area contributed by atoms with Gasteiger partial charge >= 0.3 is 6.18 Å². The van der Waals surface area contributed by atoms with Crippen LogP contribution in [0.25, 0.3) is 10.9 Å². The van der Waals surface area contributed by atoms with E-state index in [4.69, 9.17) is 0 Å². The van der Waals surface area contributed by atoms with Crippen LogP contribution in [0.2, 0.25) is 0 Å². The minimum atomic E-state index is -4.43. The van der Waals surface area contributed by atoms with Gasteiger partial charge in [0.05, 0.1) is 23.8 Å². The van der Waals surface area contributed by atoms with Crippen molar-refractivity contribution in [3.63, 3.8) is 0 Å². The van der Waals surface area contributed by atoms with Crippen molar-refractivity contribution in [2.24, 2.45) is 5.92 Å². The molecule has 2 aliphatic rings. The molecular weight excluding hydrogens is 424 g/mol. The number of fused-ring (bicyclic) bond motifs is 1. The highest BCUT2D eigenvalue weighted by Gasteiger charge is 2.31. The molecule has 0 radical (unpaired) electrons. The van der Waals surface area contributed by atoms with Crippen molar-refractivity contribution in [3.8, 4) is 11.8 Å². The minimum absolute atomic E-state index is 0.0426. The molecule has 1 aliphatic carbocycles. The summed E-state index contributed by atoms with van der Waals surface area (Å²) < 4.78 is 55.5. The molecule has 1 aromatic heterocycles. The van der Waals surface area contributed by atoms with Crippen LogP contribution >= 0.6 is 0 Å². The molecule has 2 atom stereocenters. The summed E-state index contributed by atoms with van der Waals surface area (Å²) >= 11 is 0. The van der Waals surface area contributed by atoms with Crippen LogP contribution < -0.4 is 10.6 Å². The molecule has 1 aliphatic heterocycles. The van der Waals surface area contributed by atoms with Crippen molar-refractivity contribution in [2.45, 2.75) is 44.2 Å². The molecule has 1 saturated carbocycles. The Balaban J connectivity index is 1.61. The number of anilines is 1. The van der Waals surface area contributed by atoms with Gasteiger partial charge in [0, 0.05) is 30.1 Å². The van der Waals surface area contributed by atoms with E-state index in [-0.39, 0.29) is 24.1 Å². The molecule has 2 N–H and O–H groups in total. The summed E-state index contributed by atoms with van der Waals surface area (Å²) in [5, 5.41) is 6.45. The molecule has 9 heteroatoms. The first-order valence-corrected chi connectivity index (χ1v) is 10.8. The largest absolute Gasteiger partial charge is 0.406 e. The van der Waals surface area contributed by atoms with Gasteiger partial charge in [0.2, 0.25) is 5.91 Å². The van der Waals surface area contributed by atoms with Crippen molar-refractivity contribution < 1.29 is 22.4 Å². The van der Waals surface area contributed by atoms with E-state index in [0.717, 1.165) is 24.0 Å². The number of halogens is 4. The summed E-state index contributed by atoms with van der Waals surface area (Å²) in [5.74, 6) is 5.51. The monoisotopic (exact) mass is 450 g/mol. The zero-order valence-electron chi connectivity index (χ0n) is 17.8. The number of hydrogen-bond donors (Lipinski definition) is 2. The van der Waals surface area contributed by atoms with Crippen LogP contribution in [-0.2, 0) is 11.3 Å². The molecule has 1 amide bonds. The predicted octanol–water partition coefficient (Wildman–Crippen LogP) is 3.54. The third-order valence-electron chi connectivity index (χ3n) is 5.88. The second-order valence-electron chi connectivity index (χ2n) is 8.58. The van der Waals surface area contributed by atoms with Gasteiger partial charge in [-0.15, -0.1) is 0 Å². The van der Waals surface area contributed by atoms with Crippen LogP contribution in [-0.4, -0.2) is 60.4 Å². The lowest BCUT2D eigenvalue weighted by Gasteiger charge is -2.33. The van der Waals surface area contributed by atoms with Crippen molar-refractivity contribution in [2.75, 3.05) is 32.0 Å². The Morgan fingerprint density at radius 1 is 1.25 bits per heavy atom. The number of hydrogen-bond acceptors (Lipinski definition) is 3. The van der Waals surface area contributed by atoms with E-state index < -0.39 is 24.9 Å². The smallest absolute Gasteiger partial charge is 0.379 e. The molecule has 0 bridgehead atoms. The lowest BCUT2D eigenvalue weighted by Crippen LogP contribution is -2.46. The van der Waals surface area contributed by atoms with Gasteiger partial charge in [-0.3, -0.25) is 4.79 Å². The van der Waals surface area contributed by atoms with Gasteiger partial charge < -0.3 is 20.1 Å². The van der Waals surface area contributed by atoms with Crippen molar-refractivity contribution in [1.82, 2.24) is 14.8 Å². The number of nitrogens with zero attached hydrogens (tertiary/aromatic N) is 2.